The van der Waals surface area contributed by atoms with E-state index < -0.39 is 0 Å². The number of hydrogen-bond donors (Lipinski definition) is 0. The van der Waals surface area contributed by atoms with E-state index in [0.29, 0.717) is 11.4 Å². The molecule has 0 aliphatic carbocycles. The van der Waals surface area contributed by atoms with Gasteiger partial charge in [0.05, 0.1) is 17.3 Å². The molecule has 21 heavy (non-hydrogen) atoms. The van der Waals surface area contributed by atoms with E-state index in [-0.39, 0.29) is 0 Å². The molecule has 0 atom stereocenters. The Balaban J connectivity index is 2.12. The molecule has 3 nitrogen and oxygen atoms in total. The van der Waals surface area contributed by atoms with Crippen LogP contribution in [0.2, 0.25) is 0 Å². The molecule has 0 N–H and O–H groups in total. The predicted molar refractivity (Wildman–Crippen MR) is 90.3 cm³/mol. The monoisotopic (exact) mass is 383 g/mol. The van der Waals surface area contributed by atoms with Gasteiger partial charge in [-0.25, -0.2) is 9.97 Å². The number of rotatable bonds is 2. The van der Waals surface area contributed by atoms with Gasteiger partial charge in [0.25, 0.3) is 0 Å². The summed E-state index contributed by atoms with van der Waals surface area (Å²) in [6.07, 6.45) is 0. The second-order valence-electron chi connectivity index (χ2n) is 4.46. The molecule has 0 spiro atoms. The van der Waals surface area contributed by atoms with E-state index in [1.807, 2.05) is 48.5 Å². The lowest BCUT2D eigenvalue weighted by Gasteiger charge is -2.06. The SMILES string of the molecule is N#Cc1cccc(-c2nc(I)cc(-c3ccccc3)n2)c1. The van der Waals surface area contributed by atoms with Crippen molar-refractivity contribution in [3.05, 3.63) is 69.9 Å². The topological polar surface area (TPSA) is 49.6 Å². The lowest BCUT2D eigenvalue weighted by Crippen LogP contribution is -1.95. The molecule has 1 aromatic heterocycles. The molecule has 100 valence electrons. The third-order valence-electron chi connectivity index (χ3n) is 3.01. The summed E-state index contributed by atoms with van der Waals surface area (Å²) in [5, 5.41) is 9.00. The van der Waals surface area contributed by atoms with Gasteiger partial charge < -0.3 is 0 Å². The molecule has 0 aliphatic heterocycles. The Bertz CT molecular complexity index is 823. The molecule has 0 saturated carbocycles. The Morgan fingerprint density at radius 2 is 1.62 bits per heavy atom. The summed E-state index contributed by atoms with van der Waals surface area (Å²) >= 11 is 2.19. The minimum Gasteiger partial charge on any atom is -0.228 e. The first-order chi connectivity index (χ1) is 10.3. The van der Waals surface area contributed by atoms with E-state index >= 15 is 0 Å². The molecule has 2 aromatic carbocycles. The Kier molecular flexibility index (Phi) is 3.93. The van der Waals surface area contributed by atoms with Crippen LogP contribution in [0, 0.1) is 15.0 Å². The van der Waals surface area contributed by atoms with Crippen molar-refractivity contribution < 1.29 is 0 Å². The first-order valence-electron chi connectivity index (χ1n) is 6.37. The van der Waals surface area contributed by atoms with E-state index in [2.05, 4.69) is 38.6 Å². The van der Waals surface area contributed by atoms with Crippen molar-refractivity contribution in [3.63, 3.8) is 0 Å². The van der Waals surface area contributed by atoms with E-state index in [0.717, 1.165) is 20.5 Å². The first-order valence-corrected chi connectivity index (χ1v) is 7.45. The highest BCUT2D eigenvalue weighted by atomic mass is 127. The van der Waals surface area contributed by atoms with Crippen LogP contribution in [0.4, 0.5) is 0 Å². The maximum absolute atomic E-state index is 9.00. The summed E-state index contributed by atoms with van der Waals surface area (Å²) in [7, 11) is 0. The number of aromatic nitrogens is 2. The van der Waals surface area contributed by atoms with Gasteiger partial charge in [-0.05, 0) is 40.8 Å². The van der Waals surface area contributed by atoms with Crippen LogP contribution in [0.25, 0.3) is 22.6 Å². The van der Waals surface area contributed by atoms with Crippen molar-refractivity contribution in [1.82, 2.24) is 9.97 Å². The predicted octanol–water partition coefficient (Wildman–Crippen LogP) is 4.29. The van der Waals surface area contributed by atoms with Crippen molar-refractivity contribution >= 4 is 22.6 Å². The summed E-state index contributed by atoms with van der Waals surface area (Å²) in [6, 6.07) is 21.4. The third-order valence-corrected chi connectivity index (χ3v) is 3.57. The van der Waals surface area contributed by atoms with E-state index in [1.165, 1.54) is 0 Å². The molecule has 0 amide bonds. The molecule has 3 aromatic rings. The molecule has 0 unspecified atom stereocenters. The number of nitriles is 1. The zero-order valence-electron chi connectivity index (χ0n) is 11.0. The fourth-order valence-electron chi connectivity index (χ4n) is 2.03. The van der Waals surface area contributed by atoms with Crippen LogP contribution in [0.1, 0.15) is 5.56 Å². The van der Waals surface area contributed by atoms with Gasteiger partial charge >= 0.3 is 0 Å². The second-order valence-corrected chi connectivity index (χ2v) is 5.56. The Labute approximate surface area is 136 Å². The molecule has 3 rings (SSSR count). The molecule has 1 heterocycles. The summed E-state index contributed by atoms with van der Waals surface area (Å²) in [5.41, 5.74) is 3.39. The maximum atomic E-state index is 9.00. The highest BCUT2D eigenvalue weighted by Crippen LogP contribution is 2.23. The van der Waals surface area contributed by atoms with Gasteiger partial charge in [-0.3, -0.25) is 0 Å². The molecule has 4 heteroatoms. The van der Waals surface area contributed by atoms with E-state index in [1.54, 1.807) is 12.1 Å². The Morgan fingerprint density at radius 3 is 2.38 bits per heavy atom. The minimum absolute atomic E-state index is 0.608. The molecule has 0 aliphatic rings. The van der Waals surface area contributed by atoms with Crippen molar-refractivity contribution in [2.75, 3.05) is 0 Å². The average molecular weight is 383 g/mol. The molecule has 0 saturated heterocycles. The summed E-state index contributed by atoms with van der Waals surface area (Å²) < 4.78 is 0.874. The molecule has 0 bridgehead atoms. The summed E-state index contributed by atoms with van der Waals surface area (Å²) in [5.74, 6) is 0.637. The van der Waals surface area contributed by atoms with Gasteiger partial charge in [-0.2, -0.15) is 5.26 Å². The van der Waals surface area contributed by atoms with Gasteiger partial charge in [-0.15, -0.1) is 0 Å². The highest BCUT2D eigenvalue weighted by molar-refractivity contribution is 14.1. The molecular weight excluding hydrogens is 373 g/mol. The van der Waals surface area contributed by atoms with Gasteiger partial charge in [0.1, 0.15) is 3.70 Å². The lowest BCUT2D eigenvalue weighted by atomic mass is 10.1. The fourth-order valence-corrected chi connectivity index (χ4v) is 2.55. The lowest BCUT2D eigenvalue weighted by molar-refractivity contribution is 1.15. The third kappa shape index (κ3) is 3.09. The van der Waals surface area contributed by atoms with Crippen molar-refractivity contribution in [1.29, 1.82) is 5.26 Å². The standard InChI is InChI=1S/C17H10IN3/c18-16-10-15(13-6-2-1-3-7-13)20-17(21-16)14-8-4-5-12(9-14)11-19/h1-10H. The largest absolute Gasteiger partial charge is 0.228 e. The number of halogens is 1. The second kappa shape index (κ2) is 6.02. The average Bonchev–Trinajstić information content (AvgIpc) is 2.55. The molecule has 0 fully saturated rings. The van der Waals surface area contributed by atoms with Crippen molar-refractivity contribution in [3.8, 4) is 28.7 Å². The summed E-state index contributed by atoms with van der Waals surface area (Å²) in [6.45, 7) is 0. The van der Waals surface area contributed by atoms with Crippen LogP contribution in [-0.4, -0.2) is 9.97 Å². The van der Waals surface area contributed by atoms with Crippen LogP contribution in [0.15, 0.2) is 60.7 Å². The first kappa shape index (κ1) is 13.7. The quantitative estimate of drug-likeness (QED) is 0.490. The van der Waals surface area contributed by atoms with Crippen molar-refractivity contribution in [2.24, 2.45) is 0 Å². The number of benzene rings is 2. The van der Waals surface area contributed by atoms with Crippen LogP contribution in [-0.2, 0) is 0 Å². The Morgan fingerprint density at radius 1 is 0.857 bits per heavy atom. The summed E-state index contributed by atoms with van der Waals surface area (Å²) in [4.78, 5) is 9.10. The maximum Gasteiger partial charge on any atom is 0.160 e. The zero-order valence-corrected chi connectivity index (χ0v) is 13.2. The minimum atomic E-state index is 0.608. The highest BCUT2D eigenvalue weighted by Gasteiger charge is 2.08. The normalized spacial score (nSPS) is 10.1. The fraction of sp³-hybridized carbons (Fsp3) is 0. The number of hydrogen-bond acceptors (Lipinski definition) is 3. The Hall–Kier alpha value is -2.26. The van der Waals surface area contributed by atoms with Gasteiger partial charge in [-0.1, -0.05) is 42.5 Å². The van der Waals surface area contributed by atoms with Crippen molar-refractivity contribution in [2.45, 2.75) is 0 Å². The van der Waals surface area contributed by atoms with Gasteiger partial charge in [0, 0.05) is 11.1 Å². The molecule has 0 radical (unpaired) electrons. The van der Waals surface area contributed by atoms with Crippen LogP contribution >= 0.6 is 22.6 Å². The zero-order chi connectivity index (χ0) is 14.7. The van der Waals surface area contributed by atoms with Gasteiger partial charge in [0.2, 0.25) is 0 Å². The van der Waals surface area contributed by atoms with Gasteiger partial charge in [0.15, 0.2) is 5.82 Å². The molecular formula is C17H10IN3. The number of nitrogens with zero attached hydrogens (tertiary/aromatic N) is 3. The van der Waals surface area contributed by atoms with E-state index in [4.69, 9.17) is 5.26 Å². The van der Waals surface area contributed by atoms with Crippen LogP contribution in [0.3, 0.4) is 0 Å². The van der Waals surface area contributed by atoms with Crippen LogP contribution in [0.5, 0.6) is 0 Å². The van der Waals surface area contributed by atoms with E-state index in [9.17, 15) is 0 Å². The van der Waals surface area contributed by atoms with Crippen LogP contribution < -0.4 is 0 Å². The smallest absolute Gasteiger partial charge is 0.160 e.